The van der Waals surface area contributed by atoms with Crippen molar-refractivity contribution >= 4 is 17.9 Å². The number of allylic oxidation sites excluding steroid dienone is 12. The first-order chi connectivity index (χ1) is 28.0. The third-order valence-corrected chi connectivity index (χ3v) is 9.65. The molecule has 1 unspecified atom stereocenters. The molecule has 0 rings (SSSR count). The Labute approximate surface area is 351 Å². The zero-order valence-corrected chi connectivity index (χ0v) is 37.1. The van der Waals surface area contributed by atoms with Crippen LogP contribution >= 0.6 is 0 Å². The first-order valence-corrected chi connectivity index (χ1v) is 23.4. The van der Waals surface area contributed by atoms with E-state index in [1.807, 2.05) is 0 Å². The van der Waals surface area contributed by atoms with Gasteiger partial charge in [0.05, 0.1) is 0 Å². The minimum absolute atomic E-state index is 0.103. The van der Waals surface area contributed by atoms with E-state index in [0.717, 1.165) is 96.3 Å². The Bertz CT molecular complexity index is 1100. The number of hydrogen-bond donors (Lipinski definition) is 0. The minimum atomic E-state index is -0.803. The minimum Gasteiger partial charge on any atom is -0.462 e. The van der Waals surface area contributed by atoms with Gasteiger partial charge >= 0.3 is 17.9 Å². The molecule has 0 bridgehead atoms. The van der Waals surface area contributed by atoms with Gasteiger partial charge in [-0.1, -0.05) is 164 Å². The van der Waals surface area contributed by atoms with Crippen LogP contribution in [0.25, 0.3) is 0 Å². The van der Waals surface area contributed by atoms with E-state index >= 15 is 0 Å². The second kappa shape index (κ2) is 45.6. The van der Waals surface area contributed by atoms with Crippen molar-refractivity contribution in [3.63, 3.8) is 0 Å². The van der Waals surface area contributed by atoms with Gasteiger partial charge in [-0.25, -0.2) is 0 Å². The Kier molecular flexibility index (Phi) is 43.0. The summed E-state index contributed by atoms with van der Waals surface area (Å²) >= 11 is 0. The Morgan fingerprint density at radius 1 is 0.351 bits per heavy atom. The molecular formula is C51H86O6. The highest BCUT2D eigenvalue weighted by Crippen LogP contribution is 2.12. The second-order valence-electron chi connectivity index (χ2n) is 15.3. The lowest BCUT2D eigenvalue weighted by Gasteiger charge is -2.18. The van der Waals surface area contributed by atoms with Crippen molar-refractivity contribution in [2.24, 2.45) is 0 Å². The van der Waals surface area contributed by atoms with Crippen molar-refractivity contribution in [3.8, 4) is 0 Å². The third-order valence-electron chi connectivity index (χ3n) is 9.65. The summed E-state index contributed by atoms with van der Waals surface area (Å²) in [4.78, 5) is 37.7. The smallest absolute Gasteiger partial charge is 0.306 e. The maximum atomic E-state index is 12.7. The standard InChI is InChI=1S/C51H86O6/c1-4-7-10-13-16-19-22-24-25-26-27-28-30-32-35-38-41-44-50(53)56-47-48(46-55-49(52)43-40-37-34-31-21-18-15-12-9-6-3)57-51(54)45-42-39-36-33-29-23-20-17-14-11-8-5-2/h15-20,24-25,27-28,32,35,48H,4-14,21-23,26,29-31,33-34,36-47H2,1-3H3/b18-15-,19-16-,20-17-,25-24-,28-27-,35-32-. The Hall–Kier alpha value is -3.15. The molecule has 0 aliphatic heterocycles. The molecule has 0 aromatic carbocycles. The predicted octanol–water partition coefficient (Wildman–Crippen LogP) is 15.1. The number of carbonyl (C=O) groups excluding carboxylic acids is 3. The zero-order valence-electron chi connectivity index (χ0n) is 37.1. The van der Waals surface area contributed by atoms with Gasteiger partial charge in [0.25, 0.3) is 0 Å². The number of carbonyl (C=O) groups is 3. The average Bonchev–Trinajstić information content (AvgIpc) is 3.21. The predicted molar refractivity (Wildman–Crippen MR) is 242 cm³/mol. The summed E-state index contributed by atoms with van der Waals surface area (Å²) in [6.45, 7) is 6.45. The summed E-state index contributed by atoms with van der Waals surface area (Å²) in [5.74, 6) is -0.989. The van der Waals surface area contributed by atoms with E-state index in [-0.39, 0.29) is 37.5 Å². The average molecular weight is 795 g/mol. The van der Waals surface area contributed by atoms with Crippen LogP contribution in [0.15, 0.2) is 72.9 Å². The van der Waals surface area contributed by atoms with E-state index in [0.29, 0.717) is 19.3 Å². The molecular weight excluding hydrogens is 709 g/mol. The van der Waals surface area contributed by atoms with Crippen LogP contribution in [0.1, 0.15) is 213 Å². The van der Waals surface area contributed by atoms with Crippen molar-refractivity contribution < 1.29 is 28.6 Å². The maximum absolute atomic E-state index is 12.7. The van der Waals surface area contributed by atoms with Gasteiger partial charge in [0.1, 0.15) is 13.2 Å². The van der Waals surface area contributed by atoms with Crippen LogP contribution in [0.2, 0.25) is 0 Å². The maximum Gasteiger partial charge on any atom is 0.306 e. The molecule has 0 amide bonds. The van der Waals surface area contributed by atoms with E-state index in [9.17, 15) is 14.4 Å². The lowest BCUT2D eigenvalue weighted by atomic mass is 10.1. The highest BCUT2D eigenvalue weighted by Gasteiger charge is 2.19. The Morgan fingerprint density at radius 2 is 0.667 bits per heavy atom. The molecule has 0 aromatic heterocycles. The highest BCUT2D eigenvalue weighted by atomic mass is 16.6. The van der Waals surface area contributed by atoms with E-state index in [1.165, 1.54) is 70.6 Å². The Morgan fingerprint density at radius 3 is 1.12 bits per heavy atom. The second-order valence-corrected chi connectivity index (χ2v) is 15.3. The molecule has 1 atom stereocenters. The molecule has 0 saturated carbocycles. The monoisotopic (exact) mass is 795 g/mol. The molecule has 0 aliphatic rings. The molecule has 0 radical (unpaired) electrons. The van der Waals surface area contributed by atoms with Gasteiger partial charge in [-0.15, -0.1) is 0 Å². The molecule has 6 heteroatoms. The van der Waals surface area contributed by atoms with Crippen LogP contribution in [-0.4, -0.2) is 37.2 Å². The van der Waals surface area contributed by atoms with Crippen molar-refractivity contribution in [2.75, 3.05) is 13.2 Å². The van der Waals surface area contributed by atoms with Crippen LogP contribution < -0.4 is 0 Å². The normalized spacial score (nSPS) is 12.7. The summed E-state index contributed by atoms with van der Waals surface area (Å²) in [5.41, 5.74) is 0. The molecule has 0 aliphatic carbocycles. The fraction of sp³-hybridized carbons (Fsp3) is 0.706. The largest absolute Gasteiger partial charge is 0.462 e. The van der Waals surface area contributed by atoms with Crippen molar-refractivity contribution in [1.82, 2.24) is 0 Å². The molecule has 0 heterocycles. The van der Waals surface area contributed by atoms with E-state index < -0.39 is 6.10 Å². The molecule has 0 aromatic rings. The molecule has 0 fully saturated rings. The molecule has 326 valence electrons. The number of esters is 3. The summed E-state index contributed by atoms with van der Waals surface area (Å²) in [7, 11) is 0. The molecule has 6 nitrogen and oxygen atoms in total. The van der Waals surface area contributed by atoms with Crippen molar-refractivity contribution in [2.45, 2.75) is 219 Å². The van der Waals surface area contributed by atoms with Crippen LogP contribution in [-0.2, 0) is 28.6 Å². The van der Waals surface area contributed by atoms with E-state index in [4.69, 9.17) is 14.2 Å². The van der Waals surface area contributed by atoms with Gasteiger partial charge < -0.3 is 14.2 Å². The third kappa shape index (κ3) is 43.8. The van der Waals surface area contributed by atoms with Crippen LogP contribution in [0, 0.1) is 0 Å². The molecule has 0 N–H and O–H groups in total. The van der Waals surface area contributed by atoms with Crippen LogP contribution in [0.4, 0.5) is 0 Å². The number of hydrogen-bond acceptors (Lipinski definition) is 6. The molecule has 0 saturated heterocycles. The van der Waals surface area contributed by atoms with Crippen LogP contribution in [0.3, 0.4) is 0 Å². The van der Waals surface area contributed by atoms with Crippen molar-refractivity contribution in [1.29, 1.82) is 0 Å². The fourth-order valence-corrected chi connectivity index (χ4v) is 6.05. The highest BCUT2D eigenvalue weighted by molar-refractivity contribution is 5.71. The summed E-state index contributed by atoms with van der Waals surface area (Å²) in [6.07, 6.45) is 56.0. The fourth-order valence-electron chi connectivity index (χ4n) is 6.05. The van der Waals surface area contributed by atoms with Gasteiger partial charge in [-0.05, 0) is 103 Å². The lowest BCUT2D eigenvalue weighted by Crippen LogP contribution is -2.30. The Balaban J connectivity index is 4.48. The van der Waals surface area contributed by atoms with E-state index in [2.05, 4.69) is 93.7 Å². The number of ether oxygens (including phenoxy) is 3. The van der Waals surface area contributed by atoms with E-state index in [1.54, 1.807) is 0 Å². The molecule has 0 spiro atoms. The first kappa shape index (κ1) is 53.9. The van der Waals surface area contributed by atoms with Crippen LogP contribution in [0.5, 0.6) is 0 Å². The first-order valence-electron chi connectivity index (χ1n) is 23.4. The van der Waals surface area contributed by atoms with Crippen molar-refractivity contribution in [3.05, 3.63) is 72.9 Å². The van der Waals surface area contributed by atoms with Gasteiger partial charge in [0.2, 0.25) is 0 Å². The quantitative estimate of drug-likeness (QED) is 0.0265. The lowest BCUT2D eigenvalue weighted by molar-refractivity contribution is -0.167. The SMILES string of the molecule is CCCC/C=C\CCCCCCC(=O)OCC(COC(=O)CCC/C=C\C/C=C\C/C=C\C/C=C\CCCCC)OC(=O)CCCCCCC/C=C\CCCCC. The van der Waals surface area contributed by atoms with Gasteiger partial charge in [-0.3, -0.25) is 14.4 Å². The summed E-state index contributed by atoms with van der Waals surface area (Å²) in [6, 6.07) is 0. The zero-order chi connectivity index (χ0) is 41.5. The van der Waals surface area contributed by atoms with Gasteiger partial charge in [-0.2, -0.15) is 0 Å². The number of rotatable bonds is 41. The summed E-state index contributed by atoms with van der Waals surface area (Å²) < 4.78 is 16.6. The molecule has 57 heavy (non-hydrogen) atoms. The number of unbranched alkanes of at least 4 members (excludes halogenated alkanes) is 18. The topological polar surface area (TPSA) is 78.9 Å². The van der Waals surface area contributed by atoms with Gasteiger partial charge in [0.15, 0.2) is 6.10 Å². The van der Waals surface area contributed by atoms with Gasteiger partial charge in [0, 0.05) is 19.3 Å². The summed E-state index contributed by atoms with van der Waals surface area (Å²) in [5, 5.41) is 0.